The zero-order chi connectivity index (χ0) is 28.6. The number of nitrogens with one attached hydrogen (secondary N) is 1. The number of hydrogen-bond acceptors (Lipinski definition) is 7. The lowest BCUT2D eigenvalue weighted by Gasteiger charge is -2.23. The second-order valence-corrected chi connectivity index (χ2v) is 10.7. The van der Waals surface area contributed by atoms with E-state index in [2.05, 4.69) is 15.4 Å². The first kappa shape index (κ1) is 27.9. The third kappa shape index (κ3) is 5.76. The Bertz CT molecular complexity index is 1530. The summed E-state index contributed by atoms with van der Waals surface area (Å²) in [5.41, 5.74) is 1.30. The molecular formula is C27H26F3N5O4S. The molecular weight excluding hydrogens is 547 g/mol. The summed E-state index contributed by atoms with van der Waals surface area (Å²) in [5, 5.41) is 26.9. The number of benzene rings is 2. The monoisotopic (exact) mass is 573 g/mol. The molecule has 0 bridgehead atoms. The van der Waals surface area contributed by atoms with Crippen molar-refractivity contribution in [3.05, 3.63) is 69.8 Å². The molecule has 9 nitrogen and oxygen atoms in total. The molecule has 2 aliphatic heterocycles. The number of rotatable bonds is 6. The molecule has 0 unspecified atom stereocenters. The number of hydrogen-bond donors (Lipinski definition) is 3. The number of carbonyl (C=O) groups is 2. The van der Waals surface area contributed by atoms with Gasteiger partial charge in [0.05, 0.1) is 41.4 Å². The van der Waals surface area contributed by atoms with Gasteiger partial charge in [-0.25, -0.2) is 0 Å². The van der Waals surface area contributed by atoms with Gasteiger partial charge < -0.3 is 20.4 Å². The minimum atomic E-state index is -4.48. The van der Waals surface area contributed by atoms with Gasteiger partial charge in [0, 0.05) is 18.0 Å². The molecule has 0 saturated carbocycles. The summed E-state index contributed by atoms with van der Waals surface area (Å²) >= 11 is 1.16. The molecule has 1 fully saturated rings. The molecule has 13 heteroatoms. The van der Waals surface area contributed by atoms with Crippen molar-refractivity contribution in [1.29, 1.82) is 0 Å². The van der Waals surface area contributed by atoms with Crippen LogP contribution >= 0.6 is 11.8 Å². The average Bonchev–Trinajstić information content (AvgIpc) is 3.61. The largest absolute Gasteiger partial charge is 0.416 e. The van der Waals surface area contributed by atoms with Crippen LogP contribution in [0.2, 0.25) is 0 Å². The quantitative estimate of drug-likeness (QED) is 0.388. The number of nitrogens with zero attached hydrogens (tertiary/aromatic N) is 4. The smallest absolute Gasteiger partial charge is 0.394 e. The number of aliphatic hydroxyl groups excluding tert-OH is 2. The second-order valence-electron chi connectivity index (χ2n) is 9.74. The maximum absolute atomic E-state index is 13.6. The predicted octanol–water partition coefficient (Wildman–Crippen LogP) is 2.93. The second kappa shape index (κ2) is 11.1. The van der Waals surface area contributed by atoms with E-state index in [1.807, 2.05) is 0 Å². The first-order chi connectivity index (χ1) is 19.0. The first-order valence-corrected chi connectivity index (χ1v) is 13.3. The van der Waals surface area contributed by atoms with Crippen molar-refractivity contribution < 1.29 is 33.0 Å². The molecule has 2 aliphatic rings. The summed E-state index contributed by atoms with van der Waals surface area (Å²) < 4.78 is 42.3. The Labute approximate surface area is 231 Å². The number of aliphatic imine (C=N–C) groups is 1. The van der Waals surface area contributed by atoms with E-state index in [9.17, 15) is 27.9 Å². The summed E-state index contributed by atoms with van der Waals surface area (Å²) in [6.07, 6.45) is -0.780. The number of fused-ring (bicyclic) bond motifs is 1. The van der Waals surface area contributed by atoms with E-state index in [0.29, 0.717) is 45.1 Å². The van der Waals surface area contributed by atoms with E-state index in [4.69, 9.17) is 5.11 Å². The van der Waals surface area contributed by atoms with Crippen molar-refractivity contribution in [2.45, 2.75) is 38.1 Å². The summed E-state index contributed by atoms with van der Waals surface area (Å²) in [6, 6.07) is 8.91. The van der Waals surface area contributed by atoms with Crippen LogP contribution in [0.25, 0.3) is 17.0 Å². The molecule has 2 amide bonds. The normalized spacial score (nSPS) is 20.6. The van der Waals surface area contributed by atoms with E-state index in [1.54, 1.807) is 48.4 Å². The van der Waals surface area contributed by atoms with Crippen LogP contribution in [0.1, 0.15) is 28.7 Å². The fourth-order valence-electron chi connectivity index (χ4n) is 4.95. The van der Waals surface area contributed by atoms with Gasteiger partial charge in [-0.2, -0.15) is 23.3 Å². The highest BCUT2D eigenvalue weighted by Crippen LogP contribution is 2.35. The number of carbonyl (C=O) groups excluding carboxylic acids is 2. The van der Waals surface area contributed by atoms with Crippen LogP contribution < -0.4 is 5.32 Å². The molecule has 3 heterocycles. The molecule has 2 aromatic carbocycles. The molecule has 2 atom stereocenters. The van der Waals surface area contributed by atoms with Crippen LogP contribution in [-0.4, -0.2) is 73.7 Å². The number of amides is 2. The van der Waals surface area contributed by atoms with Gasteiger partial charge in [0.1, 0.15) is 6.61 Å². The Kier molecular flexibility index (Phi) is 7.71. The van der Waals surface area contributed by atoms with Crippen molar-refractivity contribution >= 4 is 45.7 Å². The standard InChI is InChI=1S/C27H26F3N5O4S/c1-15-2-4-17(21(6-15)27(28,29)30)11-35-22-5-3-16(7-18(22)10-31-35)8-23-25(39)33-26(40-23)34-12-19(9-20(34)13-36)32-24(38)14-37/h2-8,10,19-20,36-37H,9,11-14H2,1H3,(H,32,38)/b23-8-/t19-,20-/m1/s1. The molecule has 3 aromatic rings. The van der Waals surface area contributed by atoms with Crippen LogP contribution in [0.15, 0.2) is 52.5 Å². The van der Waals surface area contributed by atoms with Crippen molar-refractivity contribution in [2.24, 2.45) is 4.99 Å². The van der Waals surface area contributed by atoms with Gasteiger partial charge in [0.2, 0.25) is 5.91 Å². The van der Waals surface area contributed by atoms with E-state index in [-0.39, 0.29) is 30.8 Å². The molecule has 3 N–H and O–H groups in total. The number of thioether (sulfide) groups is 1. The zero-order valence-electron chi connectivity index (χ0n) is 21.4. The summed E-state index contributed by atoms with van der Waals surface area (Å²) in [6.45, 7) is 1.08. The van der Waals surface area contributed by atoms with Crippen molar-refractivity contribution in [3.63, 3.8) is 0 Å². The highest BCUT2D eigenvalue weighted by molar-refractivity contribution is 8.18. The van der Waals surface area contributed by atoms with Crippen molar-refractivity contribution in [2.75, 3.05) is 19.8 Å². The summed E-state index contributed by atoms with van der Waals surface area (Å²) in [5.74, 6) is -0.950. The Morgan fingerprint density at radius 2 is 2.02 bits per heavy atom. The number of amidine groups is 1. The summed E-state index contributed by atoms with van der Waals surface area (Å²) in [7, 11) is 0. The van der Waals surface area contributed by atoms with Gasteiger partial charge >= 0.3 is 6.18 Å². The fraction of sp³-hybridized carbons (Fsp3) is 0.333. The Balaban J connectivity index is 1.33. The Hall–Kier alpha value is -3.68. The van der Waals surface area contributed by atoms with Gasteiger partial charge in [-0.05, 0) is 60.5 Å². The third-order valence-corrected chi connectivity index (χ3v) is 7.86. The number of aromatic nitrogens is 2. The average molecular weight is 574 g/mol. The van der Waals surface area contributed by atoms with Crippen LogP contribution in [-0.2, 0) is 22.3 Å². The third-order valence-electron chi connectivity index (χ3n) is 6.84. The molecule has 1 aromatic heterocycles. The molecule has 210 valence electrons. The number of aryl methyl sites for hydroxylation is 1. The van der Waals surface area contributed by atoms with E-state index < -0.39 is 30.2 Å². The lowest BCUT2D eigenvalue weighted by molar-refractivity contribution is -0.138. The van der Waals surface area contributed by atoms with Crippen LogP contribution in [0.5, 0.6) is 0 Å². The molecule has 0 spiro atoms. The highest BCUT2D eigenvalue weighted by atomic mass is 32.2. The molecule has 0 radical (unpaired) electrons. The number of alkyl halides is 3. The minimum absolute atomic E-state index is 0.0494. The Morgan fingerprint density at radius 1 is 1.23 bits per heavy atom. The van der Waals surface area contributed by atoms with E-state index in [0.717, 1.165) is 17.8 Å². The summed E-state index contributed by atoms with van der Waals surface area (Å²) in [4.78, 5) is 30.5. The predicted molar refractivity (Wildman–Crippen MR) is 144 cm³/mol. The zero-order valence-corrected chi connectivity index (χ0v) is 22.2. The molecule has 5 rings (SSSR count). The van der Waals surface area contributed by atoms with Crippen LogP contribution in [0.4, 0.5) is 13.2 Å². The molecule has 40 heavy (non-hydrogen) atoms. The molecule has 0 aliphatic carbocycles. The first-order valence-electron chi connectivity index (χ1n) is 12.5. The van der Waals surface area contributed by atoms with E-state index >= 15 is 0 Å². The SMILES string of the molecule is Cc1ccc(Cn2ncc3cc(/C=C4\SC(N5C[C@H](NC(=O)CO)C[C@@H]5CO)=NC4=O)ccc32)c(C(F)(F)F)c1. The highest BCUT2D eigenvalue weighted by Gasteiger charge is 2.38. The lowest BCUT2D eigenvalue weighted by atomic mass is 10.0. The van der Waals surface area contributed by atoms with Gasteiger partial charge in [-0.3, -0.25) is 14.3 Å². The number of halogens is 3. The van der Waals surface area contributed by atoms with Gasteiger partial charge in [-0.15, -0.1) is 0 Å². The molecule has 1 saturated heterocycles. The maximum atomic E-state index is 13.6. The van der Waals surface area contributed by atoms with E-state index in [1.165, 1.54) is 10.7 Å². The van der Waals surface area contributed by atoms with Gasteiger partial charge in [-0.1, -0.05) is 23.8 Å². The van der Waals surface area contributed by atoms with Crippen molar-refractivity contribution in [1.82, 2.24) is 20.0 Å². The minimum Gasteiger partial charge on any atom is -0.394 e. The maximum Gasteiger partial charge on any atom is 0.416 e. The number of aliphatic hydroxyl groups is 2. The van der Waals surface area contributed by atoms with Crippen molar-refractivity contribution in [3.8, 4) is 0 Å². The lowest BCUT2D eigenvalue weighted by Crippen LogP contribution is -2.39. The Morgan fingerprint density at radius 3 is 2.75 bits per heavy atom. The van der Waals surface area contributed by atoms with Gasteiger partial charge in [0.25, 0.3) is 5.91 Å². The van der Waals surface area contributed by atoms with Crippen LogP contribution in [0, 0.1) is 6.92 Å². The topological polar surface area (TPSA) is 120 Å². The van der Waals surface area contributed by atoms with Crippen LogP contribution in [0.3, 0.4) is 0 Å². The number of likely N-dealkylation sites (tertiary alicyclic amines) is 1. The fourth-order valence-corrected chi connectivity index (χ4v) is 5.94. The van der Waals surface area contributed by atoms with Gasteiger partial charge in [0.15, 0.2) is 5.17 Å².